The van der Waals surface area contributed by atoms with Gasteiger partial charge in [-0.15, -0.1) is 0 Å². The van der Waals surface area contributed by atoms with Crippen molar-refractivity contribution in [2.45, 2.75) is 13.1 Å². The fraction of sp³-hybridized carbons (Fsp3) is 0.389. The fourth-order valence-corrected chi connectivity index (χ4v) is 2.94. The number of nitriles is 1. The number of hydrogen-bond donors (Lipinski definition) is 0. The maximum atomic E-state index is 12.9. The lowest BCUT2D eigenvalue weighted by molar-refractivity contribution is -0.137. The molecule has 0 saturated carbocycles. The molecule has 1 aromatic heterocycles. The van der Waals surface area contributed by atoms with E-state index in [2.05, 4.69) is 9.97 Å². The van der Waals surface area contributed by atoms with E-state index < -0.39 is 11.7 Å². The average molecular weight is 377 g/mol. The highest BCUT2D eigenvalue weighted by Gasteiger charge is 2.32. The number of piperazine rings is 1. The molecule has 0 amide bonds. The van der Waals surface area contributed by atoms with Gasteiger partial charge in [0.15, 0.2) is 0 Å². The van der Waals surface area contributed by atoms with Gasteiger partial charge in [0, 0.05) is 38.4 Å². The third kappa shape index (κ3) is 4.22. The second-order valence-corrected chi connectivity index (χ2v) is 5.94. The molecule has 0 N–H and O–H groups in total. The van der Waals surface area contributed by atoms with Crippen LogP contribution in [0.25, 0.3) is 0 Å². The summed E-state index contributed by atoms with van der Waals surface area (Å²) in [5.41, 5.74) is -0.287. The summed E-state index contributed by atoms with van der Waals surface area (Å²) in [4.78, 5) is 12.5. The predicted octanol–water partition coefficient (Wildman–Crippen LogP) is 3.09. The number of aromatic nitrogens is 2. The van der Waals surface area contributed by atoms with E-state index in [1.165, 1.54) is 6.07 Å². The minimum absolute atomic E-state index is 0.0212. The zero-order valence-electron chi connectivity index (χ0n) is 14.7. The molecular formula is C18H18F3N5O. The lowest BCUT2D eigenvalue weighted by atomic mass is 10.1. The van der Waals surface area contributed by atoms with Gasteiger partial charge in [0.25, 0.3) is 0 Å². The Bertz CT molecular complexity index is 842. The smallest absolute Gasteiger partial charge is 0.416 e. The first-order chi connectivity index (χ1) is 12.9. The standard InChI is InChI=1S/C18H18F3N5O/c1-2-27-16-5-6-23-17(24-16)26-9-7-25(8-10-26)15-4-3-14(18(19,20)21)11-13(15)12-22/h3-6,11H,2,7-10H2,1H3. The largest absolute Gasteiger partial charge is 0.478 e. The first-order valence-electron chi connectivity index (χ1n) is 8.49. The van der Waals surface area contributed by atoms with Gasteiger partial charge in [-0.25, -0.2) is 4.98 Å². The molecule has 1 saturated heterocycles. The molecule has 0 atom stereocenters. The van der Waals surface area contributed by atoms with E-state index >= 15 is 0 Å². The summed E-state index contributed by atoms with van der Waals surface area (Å²) in [5.74, 6) is 1.05. The fourth-order valence-electron chi connectivity index (χ4n) is 2.94. The number of halogens is 3. The van der Waals surface area contributed by atoms with Crippen LogP contribution >= 0.6 is 0 Å². The van der Waals surface area contributed by atoms with Crippen molar-refractivity contribution < 1.29 is 17.9 Å². The van der Waals surface area contributed by atoms with Gasteiger partial charge in [0.2, 0.25) is 11.8 Å². The molecule has 1 aromatic carbocycles. The van der Waals surface area contributed by atoms with E-state index in [1.54, 1.807) is 12.3 Å². The molecule has 27 heavy (non-hydrogen) atoms. The lowest BCUT2D eigenvalue weighted by Crippen LogP contribution is -2.47. The number of ether oxygens (including phenoxy) is 1. The van der Waals surface area contributed by atoms with Crippen molar-refractivity contribution in [3.8, 4) is 11.9 Å². The Balaban J connectivity index is 1.72. The highest BCUT2D eigenvalue weighted by atomic mass is 19.4. The summed E-state index contributed by atoms with van der Waals surface area (Å²) in [7, 11) is 0. The van der Waals surface area contributed by atoms with E-state index in [4.69, 9.17) is 4.74 Å². The van der Waals surface area contributed by atoms with Crippen LogP contribution in [0.4, 0.5) is 24.8 Å². The lowest BCUT2D eigenvalue weighted by Gasteiger charge is -2.36. The predicted molar refractivity (Wildman–Crippen MR) is 93.8 cm³/mol. The number of anilines is 2. The van der Waals surface area contributed by atoms with Crippen LogP contribution in [0.1, 0.15) is 18.1 Å². The van der Waals surface area contributed by atoms with Gasteiger partial charge >= 0.3 is 6.18 Å². The third-order valence-electron chi connectivity index (χ3n) is 4.26. The van der Waals surface area contributed by atoms with Gasteiger partial charge in [0.05, 0.1) is 23.4 Å². The SMILES string of the molecule is CCOc1ccnc(N2CCN(c3ccc(C(F)(F)F)cc3C#N)CC2)n1. The van der Waals surface area contributed by atoms with Gasteiger partial charge in [-0.05, 0) is 25.1 Å². The van der Waals surface area contributed by atoms with Gasteiger partial charge in [-0.3, -0.25) is 0 Å². The quantitative estimate of drug-likeness (QED) is 0.816. The third-order valence-corrected chi connectivity index (χ3v) is 4.26. The number of nitrogens with zero attached hydrogens (tertiary/aromatic N) is 5. The molecule has 0 unspecified atom stereocenters. The molecular weight excluding hydrogens is 359 g/mol. The molecule has 1 aliphatic heterocycles. The second kappa shape index (κ2) is 7.70. The summed E-state index contributed by atoms with van der Waals surface area (Å²) in [6.45, 7) is 4.64. The molecule has 142 valence electrons. The van der Waals surface area contributed by atoms with Gasteiger partial charge in [-0.2, -0.15) is 23.4 Å². The Morgan fingerprint density at radius 1 is 1.15 bits per heavy atom. The second-order valence-electron chi connectivity index (χ2n) is 5.94. The van der Waals surface area contributed by atoms with Crippen molar-refractivity contribution in [2.24, 2.45) is 0 Å². The Morgan fingerprint density at radius 3 is 2.48 bits per heavy atom. The van der Waals surface area contributed by atoms with Crippen LogP contribution in [0.3, 0.4) is 0 Å². The molecule has 0 radical (unpaired) electrons. The van der Waals surface area contributed by atoms with Crippen molar-refractivity contribution >= 4 is 11.6 Å². The molecule has 0 aliphatic carbocycles. The van der Waals surface area contributed by atoms with Crippen LogP contribution in [-0.2, 0) is 6.18 Å². The Morgan fingerprint density at radius 2 is 1.85 bits per heavy atom. The first-order valence-corrected chi connectivity index (χ1v) is 8.49. The van der Waals surface area contributed by atoms with E-state index in [1.807, 2.05) is 22.8 Å². The van der Waals surface area contributed by atoms with E-state index in [-0.39, 0.29) is 5.56 Å². The first kappa shape index (κ1) is 18.8. The summed E-state index contributed by atoms with van der Waals surface area (Å²) in [6.07, 6.45) is -2.84. The van der Waals surface area contributed by atoms with Gasteiger partial charge in [-0.1, -0.05) is 0 Å². The molecule has 0 spiro atoms. The van der Waals surface area contributed by atoms with Crippen molar-refractivity contribution in [3.05, 3.63) is 41.6 Å². The van der Waals surface area contributed by atoms with Crippen molar-refractivity contribution in [3.63, 3.8) is 0 Å². The van der Waals surface area contributed by atoms with E-state index in [9.17, 15) is 18.4 Å². The summed E-state index contributed by atoms with van der Waals surface area (Å²) in [5, 5.41) is 9.26. The zero-order valence-corrected chi connectivity index (χ0v) is 14.7. The van der Waals surface area contributed by atoms with Gasteiger partial charge < -0.3 is 14.5 Å². The number of rotatable bonds is 4. The summed E-state index contributed by atoms with van der Waals surface area (Å²) < 4.78 is 43.9. The molecule has 0 bridgehead atoms. The topological polar surface area (TPSA) is 65.3 Å². The van der Waals surface area contributed by atoms with Crippen LogP contribution in [0.2, 0.25) is 0 Å². The van der Waals surface area contributed by atoms with Crippen LogP contribution < -0.4 is 14.5 Å². The molecule has 2 heterocycles. The molecule has 2 aromatic rings. The molecule has 1 fully saturated rings. The Labute approximate surface area is 154 Å². The number of benzene rings is 1. The molecule has 6 nitrogen and oxygen atoms in total. The number of alkyl halides is 3. The van der Waals surface area contributed by atoms with Crippen molar-refractivity contribution in [2.75, 3.05) is 42.6 Å². The highest BCUT2D eigenvalue weighted by molar-refractivity contribution is 5.61. The maximum absolute atomic E-state index is 12.9. The summed E-state index contributed by atoms with van der Waals surface area (Å²) in [6, 6.07) is 6.83. The van der Waals surface area contributed by atoms with Gasteiger partial charge in [0.1, 0.15) is 6.07 Å². The molecule has 3 rings (SSSR count). The zero-order chi connectivity index (χ0) is 19.4. The van der Waals surface area contributed by atoms with Crippen LogP contribution in [-0.4, -0.2) is 42.8 Å². The van der Waals surface area contributed by atoms with Crippen molar-refractivity contribution in [1.29, 1.82) is 5.26 Å². The number of hydrogen-bond acceptors (Lipinski definition) is 6. The normalized spacial score (nSPS) is 14.8. The highest BCUT2D eigenvalue weighted by Crippen LogP contribution is 2.33. The van der Waals surface area contributed by atoms with E-state index in [0.717, 1.165) is 12.1 Å². The maximum Gasteiger partial charge on any atom is 0.416 e. The van der Waals surface area contributed by atoms with Crippen molar-refractivity contribution in [1.82, 2.24) is 9.97 Å². The van der Waals surface area contributed by atoms with Crippen LogP contribution in [0, 0.1) is 11.3 Å². The average Bonchev–Trinajstić information content (AvgIpc) is 2.67. The van der Waals surface area contributed by atoms with E-state index in [0.29, 0.717) is 50.3 Å². The minimum atomic E-state index is -4.47. The molecule has 1 aliphatic rings. The Kier molecular flexibility index (Phi) is 5.35. The minimum Gasteiger partial charge on any atom is -0.478 e. The monoisotopic (exact) mass is 377 g/mol. The molecule has 9 heteroatoms. The Hall–Kier alpha value is -3.02. The van der Waals surface area contributed by atoms with Crippen LogP contribution in [0.5, 0.6) is 5.88 Å². The van der Waals surface area contributed by atoms with Crippen LogP contribution in [0.15, 0.2) is 30.5 Å². The summed E-state index contributed by atoms with van der Waals surface area (Å²) >= 11 is 0.